The van der Waals surface area contributed by atoms with Crippen LogP contribution in [0.15, 0.2) is 30.4 Å². The van der Waals surface area contributed by atoms with Gasteiger partial charge in [-0.25, -0.2) is 4.57 Å². The first-order valence-corrected chi connectivity index (χ1v) is 10.5. The first-order chi connectivity index (χ1) is 14.3. The third-order valence-corrected chi connectivity index (χ3v) is 7.21. The van der Waals surface area contributed by atoms with Gasteiger partial charge in [0.1, 0.15) is 11.8 Å². The molecular weight excluding hydrogens is 381 g/mol. The molecule has 4 atom stereocenters. The highest BCUT2D eigenvalue weighted by Crippen LogP contribution is 2.67. The fourth-order valence-corrected chi connectivity index (χ4v) is 6.30. The van der Waals surface area contributed by atoms with Crippen LogP contribution in [0, 0.1) is 17.2 Å². The van der Waals surface area contributed by atoms with Gasteiger partial charge >= 0.3 is 7.82 Å². The Bertz CT molecular complexity index is 1030. The van der Waals surface area contributed by atoms with Crippen LogP contribution in [0.1, 0.15) is 47.3 Å². The largest absolute Gasteiger partial charge is 0.524 e. The second kappa shape index (κ2) is 6.16. The average molecular weight is 408 g/mol. The van der Waals surface area contributed by atoms with Gasteiger partial charge < -0.3 is 14.0 Å². The van der Waals surface area contributed by atoms with E-state index in [0.29, 0.717) is 36.8 Å². The van der Waals surface area contributed by atoms with E-state index in [4.69, 9.17) is 18.1 Å². The lowest BCUT2D eigenvalue weighted by Crippen LogP contribution is -2.67. The van der Waals surface area contributed by atoms with Gasteiger partial charge in [0.05, 0.1) is 20.9 Å². The monoisotopic (exact) mass is 408 g/mol. The molecular formula is C20H24NO6P. The van der Waals surface area contributed by atoms with E-state index in [1.54, 1.807) is 13.2 Å². The minimum atomic E-state index is -4.89. The van der Waals surface area contributed by atoms with Gasteiger partial charge in [-0.05, 0) is 54.9 Å². The summed E-state index contributed by atoms with van der Waals surface area (Å²) in [6.45, 7) is 4.28. The lowest BCUT2D eigenvalue weighted by atomic mass is 9.43. The summed E-state index contributed by atoms with van der Waals surface area (Å²) in [5.41, 5.74) is -1.19. The van der Waals surface area contributed by atoms with Crippen LogP contribution in [0.5, 0.6) is 5.75 Å². The zero-order valence-electron chi connectivity index (χ0n) is 18.5. The summed E-state index contributed by atoms with van der Waals surface area (Å²) in [4.78, 5) is 18.6. The first-order valence-electron chi connectivity index (χ1n) is 10.5. The molecule has 0 saturated heterocycles. The maximum atomic E-state index is 11.4. The second-order valence-corrected chi connectivity index (χ2v) is 9.44. The number of benzene rings is 1. The Morgan fingerprint density at radius 1 is 1.32 bits per heavy atom. The molecule has 0 amide bonds. The van der Waals surface area contributed by atoms with E-state index in [9.17, 15) is 19.6 Å². The molecule has 7 nitrogen and oxygen atoms in total. The summed E-state index contributed by atoms with van der Waals surface area (Å²) >= 11 is 0. The number of phosphoric acid groups is 1. The van der Waals surface area contributed by atoms with Crippen molar-refractivity contribution in [3.8, 4) is 11.8 Å². The molecule has 4 aliphatic rings. The van der Waals surface area contributed by atoms with Crippen molar-refractivity contribution in [2.45, 2.75) is 48.7 Å². The molecule has 4 aliphatic carbocycles. The molecule has 4 fully saturated rings. The minimum absolute atomic E-state index is 0.0164. The highest BCUT2D eigenvalue weighted by Gasteiger charge is 2.66. The highest BCUT2D eigenvalue weighted by molar-refractivity contribution is 7.46. The number of nitrogens with zero attached hydrogens (tertiary/aromatic N) is 1. The van der Waals surface area contributed by atoms with Gasteiger partial charge in [0.2, 0.25) is 0 Å². The van der Waals surface area contributed by atoms with Crippen LogP contribution in [0.2, 0.25) is 0 Å². The molecule has 5 rings (SSSR count). The van der Waals surface area contributed by atoms with E-state index in [0.717, 1.165) is 6.42 Å². The lowest BCUT2D eigenvalue weighted by molar-refractivity contribution is -0.197. The van der Waals surface area contributed by atoms with Crippen LogP contribution in [-0.4, -0.2) is 35.1 Å². The van der Waals surface area contributed by atoms with E-state index < -0.39 is 31.5 Å². The maximum Gasteiger partial charge on any atom is 0.524 e. The molecule has 1 aromatic carbocycles. The topological polar surface area (TPSA) is 109 Å². The number of ether oxygens (including phenoxy) is 2. The molecule has 0 radical (unpaired) electrons. The zero-order valence-corrected chi connectivity index (χ0v) is 16.4. The molecule has 1 aromatic rings. The number of phosphoric ester groups is 1. The molecule has 0 aromatic heterocycles. The summed E-state index contributed by atoms with van der Waals surface area (Å²) in [6.07, 6.45) is 2.88. The Hall–Kier alpha value is -1.68. The normalized spacial score (nSPS) is 38.4. The molecule has 4 saturated carbocycles. The number of rotatable bonds is 5. The van der Waals surface area contributed by atoms with E-state index in [-0.39, 0.29) is 17.2 Å². The summed E-state index contributed by atoms with van der Waals surface area (Å²) in [5.74, 6) is -0.105. The fourth-order valence-electron chi connectivity index (χ4n) is 5.90. The van der Waals surface area contributed by atoms with Gasteiger partial charge in [0.25, 0.3) is 0 Å². The Labute approximate surface area is 168 Å². The standard InChI is InChI=1S/C20H24NO6P/c1-13-19(16-5-4-15(10-21)17(6-16)27-28(22,23)24)8-14-7-18(11-19,25-2)12-20(13,9-14)26-3/h4-6,14H,1,7-9,11-12H2,2-3H3,(H2,22,23,24)/i3D3. The molecule has 0 spiro atoms. The SMILES string of the molecule is [2H]C([2H])([2H])OC12CC3CC(OC)(C1)CC(c1ccc(C#N)c(OP(=O)(O)O)c1)(C3)C2=C. The third kappa shape index (κ3) is 2.75. The van der Waals surface area contributed by atoms with E-state index in [1.165, 1.54) is 12.1 Å². The Morgan fingerprint density at radius 2 is 2.11 bits per heavy atom. The Kier molecular flexibility index (Phi) is 3.55. The van der Waals surface area contributed by atoms with Gasteiger partial charge in [0.15, 0.2) is 0 Å². The molecule has 4 bridgehead atoms. The van der Waals surface area contributed by atoms with Gasteiger partial charge in [-0.1, -0.05) is 12.6 Å². The van der Waals surface area contributed by atoms with Crippen LogP contribution in [-0.2, 0) is 19.5 Å². The van der Waals surface area contributed by atoms with Crippen molar-refractivity contribution < 1.29 is 32.5 Å². The molecule has 4 unspecified atom stereocenters. The molecule has 28 heavy (non-hydrogen) atoms. The van der Waals surface area contributed by atoms with Crippen molar-refractivity contribution >= 4 is 7.82 Å². The zero-order chi connectivity index (χ0) is 22.9. The van der Waals surface area contributed by atoms with Crippen molar-refractivity contribution in [1.29, 1.82) is 5.26 Å². The van der Waals surface area contributed by atoms with Crippen molar-refractivity contribution in [2.75, 3.05) is 14.1 Å². The number of nitriles is 1. The summed E-state index contributed by atoms with van der Waals surface area (Å²) in [5, 5.41) is 9.34. The molecule has 0 heterocycles. The first kappa shape index (κ1) is 16.2. The summed E-state index contributed by atoms with van der Waals surface area (Å²) in [6, 6.07) is 6.47. The van der Waals surface area contributed by atoms with Gasteiger partial charge in [0, 0.05) is 26.0 Å². The number of hydrogen-bond donors (Lipinski definition) is 2. The van der Waals surface area contributed by atoms with Gasteiger partial charge in [-0.2, -0.15) is 5.26 Å². The van der Waals surface area contributed by atoms with Crippen molar-refractivity contribution in [2.24, 2.45) is 5.92 Å². The van der Waals surface area contributed by atoms with Crippen LogP contribution < -0.4 is 4.52 Å². The molecule has 8 heteroatoms. The van der Waals surface area contributed by atoms with Gasteiger partial charge in [-0.15, -0.1) is 0 Å². The van der Waals surface area contributed by atoms with Gasteiger partial charge in [-0.3, -0.25) is 9.79 Å². The van der Waals surface area contributed by atoms with Crippen molar-refractivity contribution in [3.63, 3.8) is 0 Å². The highest BCUT2D eigenvalue weighted by atomic mass is 31.2. The number of methoxy groups -OCH3 is 2. The van der Waals surface area contributed by atoms with Crippen LogP contribution >= 0.6 is 7.82 Å². The fraction of sp³-hybridized carbons (Fsp3) is 0.550. The smallest absolute Gasteiger partial charge is 0.403 e. The molecule has 150 valence electrons. The van der Waals surface area contributed by atoms with Crippen LogP contribution in [0.25, 0.3) is 0 Å². The van der Waals surface area contributed by atoms with E-state index >= 15 is 0 Å². The minimum Gasteiger partial charge on any atom is -0.403 e. The van der Waals surface area contributed by atoms with Crippen molar-refractivity contribution in [1.82, 2.24) is 0 Å². The number of hydrogen-bond acceptors (Lipinski definition) is 5. The van der Waals surface area contributed by atoms with E-state index in [2.05, 4.69) is 6.58 Å². The molecule has 2 N–H and O–H groups in total. The lowest BCUT2D eigenvalue weighted by Gasteiger charge is -2.66. The van der Waals surface area contributed by atoms with E-state index in [1.807, 2.05) is 6.07 Å². The second-order valence-electron chi connectivity index (χ2n) is 8.28. The van der Waals surface area contributed by atoms with Crippen LogP contribution in [0.4, 0.5) is 0 Å². The quantitative estimate of drug-likeness (QED) is 0.569. The Balaban J connectivity index is 1.86. The Morgan fingerprint density at radius 3 is 2.75 bits per heavy atom. The average Bonchev–Trinajstić information content (AvgIpc) is 2.62. The maximum absolute atomic E-state index is 11.4. The van der Waals surface area contributed by atoms with Crippen LogP contribution in [0.3, 0.4) is 0 Å². The summed E-state index contributed by atoms with van der Waals surface area (Å²) < 4.78 is 51.0. The molecule has 0 aliphatic heterocycles. The van der Waals surface area contributed by atoms with Crippen molar-refractivity contribution in [3.05, 3.63) is 41.5 Å². The third-order valence-electron chi connectivity index (χ3n) is 6.78. The predicted octanol–water partition coefficient (Wildman–Crippen LogP) is 3.20. The summed E-state index contributed by atoms with van der Waals surface area (Å²) in [7, 11) is -5.91. The predicted molar refractivity (Wildman–Crippen MR) is 101 cm³/mol.